The Balaban J connectivity index is 3.09. The molecule has 1 amide bonds. The van der Waals surface area contributed by atoms with Gasteiger partial charge in [0.1, 0.15) is 9.09 Å². The monoisotopic (exact) mass is 274 g/mol. The van der Waals surface area contributed by atoms with Gasteiger partial charge in [0.2, 0.25) is 0 Å². The fourth-order valence-corrected chi connectivity index (χ4v) is 3.03. The van der Waals surface area contributed by atoms with Crippen molar-refractivity contribution in [3.8, 4) is 5.75 Å². The fourth-order valence-electron chi connectivity index (χ4n) is 1.30. The average molecular weight is 274 g/mol. The lowest BCUT2D eigenvalue weighted by atomic mass is 10.3. The van der Waals surface area contributed by atoms with Gasteiger partial charge in [-0.3, -0.25) is 4.79 Å². The summed E-state index contributed by atoms with van der Waals surface area (Å²) in [5.41, 5.74) is 6.41. The molecule has 0 saturated heterocycles. The van der Waals surface area contributed by atoms with E-state index in [2.05, 4.69) is 5.32 Å². The van der Waals surface area contributed by atoms with Crippen molar-refractivity contribution in [2.45, 2.75) is 31.1 Å². The molecule has 0 atom stereocenters. The van der Waals surface area contributed by atoms with Crippen LogP contribution in [0.1, 0.15) is 30.4 Å². The molecule has 0 aromatic carbocycles. The minimum atomic E-state index is -0.135. The van der Waals surface area contributed by atoms with Crippen molar-refractivity contribution in [1.29, 1.82) is 0 Å². The zero-order valence-electron chi connectivity index (χ0n) is 10.5. The van der Waals surface area contributed by atoms with Gasteiger partial charge in [-0.15, -0.1) is 23.1 Å². The molecule has 1 aromatic rings. The number of nitrogens with one attached hydrogen (secondary N) is 1. The molecule has 1 rings (SSSR count). The summed E-state index contributed by atoms with van der Waals surface area (Å²) < 4.78 is 6.60. The van der Waals surface area contributed by atoms with E-state index in [1.165, 1.54) is 11.3 Å². The van der Waals surface area contributed by atoms with Crippen molar-refractivity contribution < 1.29 is 9.53 Å². The zero-order chi connectivity index (χ0) is 13.0. The molecule has 6 heteroatoms. The number of carbonyl (C=O) groups is 1. The van der Waals surface area contributed by atoms with E-state index in [-0.39, 0.29) is 12.0 Å². The van der Waals surface area contributed by atoms with Gasteiger partial charge < -0.3 is 15.8 Å². The summed E-state index contributed by atoms with van der Waals surface area (Å²) >= 11 is 2.92. The lowest BCUT2D eigenvalue weighted by Gasteiger charge is -2.10. The second-order valence-electron chi connectivity index (χ2n) is 3.69. The van der Waals surface area contributed by atoms with Crippen molar-refractivity contribution in [3.63, 3.8) is 0 Å². The van der Waals surface area contributed by atoms with Crippen molar-refractivity contribution in [1.82, 2.24) is 5.32 Å². The highest BCUT2D eigenvalue weighted by atomic mass is 32.2. The summed E-state index contributed by atoms with van der Waals surface area (Å²) in [5, 5.41) is 2.75. The Labute approximate surface area is 110 Å². The van der Waals surface area contributed by atoms with Crippen molar-refractivity contribution in [3.05, 3.63) is 4.88 Å². The van der Waals surface area contributed by atoms with E-state index < -0.39 is 0 Å². The molecule has 0 aliphatic carbocycles. The Morgan fingerprint density at radius 3 is 2.71 bits per heavy atom. The molecule has 1 aromatic heterocycles. The first-order valence-corrected chi connectivity index (χ1v) is 7.46. The number of carbonyl (C=O) groups excluding carboxylic acids is 1. The zero-order valence-corrected chi connectivity index (χ0v) is 12.1. The average Bonchev–Trinajstić information content (AvgIpc) is 2.56. The second-order valence-corrected chi connectivity index (χ2v) is 5.79. The molecule has 0 radical (unpaired) electrons. The van der Waals surface area contributed by atoms with Crippen LogP contribution in [0.25, 0.3) is 0 Å². The molecule has 4 nitrogen and oxygen atoms in total. The van der Waals surface area contributed by atoms with Gasteiger partial charge in [-0.25, -0.2) is 0 Å². The second kappa shape index (κ2) is 6.16. The molecule has 96 valence electrons. The van der Waals surface area contributed by atoms with Crippen LogP contribution in [-0.4, -0.2) is 24.8 Å². The number of nitrogen functional groups attached to an aromatic ring is 1. The third kappa shape index (κ3) is 3.29. The van der Waals surface area contributed by atoms with Gasteiger partial charge in [0, 0.05) is 6.54 Å². The van der Waals surface area contributed by atoms with Gasteiger partial charge >= 0.3 is 0 Å². The van der Waals surface area contributed by atoms with E-state index in [4.69, 9.17) is 10.5 Å². The highest BCUT2D eigenvalue weighted by Gasteiger charge is 2.22. The van der Waals surface area contributed by atoms with E-state index >= 15 is 0 Å². The summed E-state index contributed by atoms with van der Waals surface area (Å²) in [6, 6.07) is 0. The molecule has 17 heavy (non-hydrogen) atoms. The topological polar surface area (TPSA) is 64.3 Å². The van der Waals surface area contributed by atoms with E-state index in [9.17, 15) is 4.79 Å². The van der Waals surface area contributed by atoms with Crippen molar-refractivity contribution in [2.75, 3.05) is 18.5 Å². The summed E-state index contributed by atoms with van der Waals surface area (Å²) in [6.45, 7) is 6.34. The molecular weight excluding hydrogens is 256 g/mol. The lowest BCUT2D eigenvalue weighted by molar-refractivity contribution is 0.0960. The first kappa shape index (κ1) is 14.2. The maximum Gasteiger partial charge on any atom is 0.263 e. The Morgan fingerprint density at radius 2 is 2.24 bits per heavy atom. The summed E-state index contributed by atoms with van der Waals surface area (Å²) in [5.74, 6) is 0.502. The predicted molar refractivity (Wildman–Crippen MR) is 74.3 cm³/mol. The Hall–Kier alpha value is -0.880. The van der Waals surface area contributed by atoms with Gasteiger partial charge in [0.15, 0.2) is 5.75 Å². The number of nitrogens with two attached hydrogens (primary N) is 1. The first-order chi connectivity index (χ1) is 8.01. The SMILES string of the molecule is CCNC(=O)c1sc(SC)c(OC(C)C)c1N. The summed E-state index contributed by atoms with van der Waals surface area (Å²) in [6.07, 6.45) is 1.99. The van der Waals surface area contributed by atoms with E-state index in [0.717, 1.165) is 4.21 Å². The molecule has 1 heterocycles. The molecule has 0 aliphatic rings. The molecule has 0 spiro atoms. The largest absolute Gasteiger partial charge is 0.487 e. The third-order valence-corrected chi connectivity index (χ3v) is 4.24. The highest BCUT2D eigenvalue weighted by Crippen LogP contribution is 2.43. The lowest BCUT2D eigenvalue weighted by Crippen LogP contribution is -2.22. The number of amides is 1. The normalized spacial score (nSPS) is 10.6. The van der Waals surface area contributed by atoms with Gasteiger partial charge in [-0.2, -0.15) is 0 Å². The Kier molecular flexibility index (Phi) is 5.14. The first-order valence-electron chi connectivity index (χ1n) is 5.42. The minimum absolute atomic E-state index is 0.0416. The molecule has 0 aliphatic heterocycles. The van der Waals surface area contributed by atoms with Crippen LogP contribution in [0.2, 0.25) is 0 Å². The highest BCUT2D eigenvalue weighted by molar-refractivity contribution is 8.00. The number of rotatable bonds is 5. The molecule has 3 N–H and O–H groups in total. The summed E-state index contributed by atoms with van der Waals surface area (Å²) in [4.78, 5) is 12.3. The van der Waals surface area contributed by atoms with Crippen LogP contribution < -0.4 is 15.8 Å². The number of hydrogen-bond acceptors (Lipinski definition) is 5. The molecule has 0 unspecified atom stereocenters. The number of ether oxygens (including phenoxy) is 1. The van der Waals surface area contributed by atoms with Crippen LogP contribution in [0.15, 0.2) is 4.21 Å². The standard InChI is InChI=1S/C11H18N2O2S2/c1-5-13-10(14)9-7(12)8(15-6(2)3)11(16-4)17-9/h6H,5,12H2,1-4H3,(H,13,14). The van der Waals surface area contributed by atoms with Crippen LogP contribution in [0, 0.1) is 0 Å². The van der Waals surface area contributed by atoms with E-state index in [0.29, 0.717) is 22.9 Å². The van der Waals surface area contributed by atoms with Gasteiger partial charge in [0.25, 0.3) is 5.91 Å². The van der Waals surface area contributed by atoms with Crippen LogP contribution >= 0.6 is 23.1 Å². The fraction of sp³-hybridized carbons (Fsp3) is 0.545. The van der Waals surface area contributed by atoms with Gasteiger partial charge in [-0.05, 0) is 27.0 Å². The number of hydrogen-bond donors (Lipinski definition) is 2. The number of anilines is 1. The quantitative estimate of drug-likeness (QED) is 0.810. The number of thiophene rings is 1. The molecule has 0 saturated carbocycles. The van der Waals surface area contributed by atoms with Crippen LogP contribution in [0.4, 0.5) is 5.69 Å². The molecule has 0 bridgehead atoms. The smallest absolute Gasteiger partial charge is 0.263 e. The number of thioether (sulfide) groups is 1. The maximum absolute atomic E-state index is 11.8. The van der Waals surface area contributed by atoms with Gasteiger partial charge in [0.05, 0.1) is 11.8 Å². The third-order valence-electron chi connectivity index (χ3n) is 1.95. The maximum atomic E-state index is 11.8. The predicted octanol–water partition coefficient (Wildman–Crippen LogP) is 2.59. The molecular formula is C11H18N2O2S2. The summed E-state index contributed by atoms with van der Waals surface area (Å²) in [7, 11) is 0. The van der Waals surface area contributed by atoms with Crippen LogP contribution in [0.5, 0.6) is 5.75 Å². The van der Waals surface area contributed by atoms with Crippen LogP contribution in [-0.2, 0) is 0 Å². The minimum Gasteiger partial charge on any atom is -0.487 e. The van der Waals surface area contributed by atoms with Crippen LogP contribution in [0.3, 0.4) is 0 Å². The van der Waals surface area contributed by atoms with Crippen molar-refractivity contribution >= 4 is 34.7 Å². The van der Waals surface area contributed by atoms with E-state index in [1.54, 1.807) is 11.8 Å². The van der Waals surface area contributed by atoms with Gasteiger partial charge in [-0.1, -0.05) is 0 Å². The Morgan fingerprint density at radius 1 is 1.59 bits per heavy atom. The Bertz CT molecular complexity index is 402. The van der Waals surface area contributed by atoms with Crippen molar-refractivity contribution in [2.24, 2.45) is 0 Å². The van der Waals surface area contributed by atoms with E-state index in [1.807, 2.05) is 27.0 Å². The molecule has 0 fully saturated rings.